The number of benzene rings is 1. The lowest BCUT2D eigenvalue weighted by atomic mass is 9.98. The Bertz CT molecular complexity index is 746. The van der Waals surface area contributed by atoms with Crippen LogP contribution in [0.2, 0.25) is 0 Å². The summed E-state index contributed by atoms with van der Waals surface area (Å²) in [5, 5.41) is 7.89. The van der Waals surface area contributed by atoms with Gasteiger partial charge in [0.2, 0.25) is 12.5 Å². The van der Waals surface area contributed by atoms with Crippen LogP contribution in [-0.4, -0.2) is 36.3 Å². The Morgan fingerprint density at radius 2 is 2.28 bits per heavy atom. The highest BCUT2D eigenvalue weighted by atomic mass is 16.7. The normalized spacial score (nSPS) is 22.2. The predicted octanol–water partition coefficient (Wildman–Crippen LogP) is 2.17. The van der Waals surface area contributed by atoms with Gasteiger partial charge in [0.25, 0.3) is 0 Å². The summed E-state index contributed by atoms with van der Waals surface area (Å²) in [4.78, 5) is 0. The van der Waals surface area contributed by atoms with Gasteiger partial charge in [-0.3, -0.25) is 4.68 Å². The molecule has 1 saturated heterocycles. The van der Waals surface area contributed by atoms with Gasteiger partial charge < -0.3 is 24.3 Å². The monoisotopic (exact) mass is 345 g/mol. The van der Waals surface area contributed by atoms with E-state index in [0.29, 0.717) is 18.0 Å². The zero-order valence-electron chi connectivity index (χ0n) is 14.5. The minimum absolute atomic E-state index is 0.0263. The predicted molar refractivity (Wildman–Crippen MR) is 90.9 cm³/mol. The first-order chi connectivity index (χ1) is 12.2. The molecule has 4 rings (SSSR count). The molecule has 0 saturated carbocycles. The van der Waals surface area contributed by atoms with Crippen molar-refractivity contribution < 1.29 is 18.9 Å². The molecule has 2 aliphatic rings. The summed E-state index contributed by atoms with van der Waals surface area (Å²) in [6.07, 6.45) is 6.06. The molecule has 0 bridgehead atoms. The molecule has 0 unspecified atom stereocenters. The van der Waals surface area contributed by atoms with Crippen molar-refractivity contribution in [3.63, 3.8) is 0 Å². The van der Waals surface area contributed by atoms with Crippen LogP contribution in [0.4, 0.5) is 0 Å². The number of hydrogen-bond donors (Lipinski definition) is 1. The number of hydrogen-bond acceptors (Lipinski definition) is 6. The molecule has 2 aromatic rings. The van der Waals surface area contributed by atoms with Gasteiger partial charge in [-0.2, -0.15) is 5.10 Å². The van der Waals surface area contributed by atoms with Gasteiger partial charge in [-0.15, -0.1) is 0 Å². The van der Waals surface area contributed by atoms with Gasteiger partial charge in [0.05, 0.1) is 13.3 Å². The molecular formula is C18H23N3O4. The topological polar surface area (TPSA) is 66.8 Å². The van der Waals surface area contributed by atoms with Gasteiger partial charge in [0, 0.05) is 38.0 Å². The van der Waals surface area contributed by atoms with Crippen molar-refractivity contribution in [2.45, 2.75) is 31.5 Å². The van der Waals surface area contributed by atoms with Gasteiger partial charge >= 0.3 is 0 Å². The first-order valence-electron chi connectivity index (χ1n) is 8.54. The quantitative estimate of drug-likeness (QED) is 0.896. The summed E-state index contributed by atoms with van der Waals surface area (Å²) in [5.41, 5.74) is 2.21. The van der Waals surface area contributed by atoms with Crippen LogP contribution in [0, 0.1) is 0 Å². The summed E-state index contributed by atoms with van der Waals surface area (Å²) < 4.78 is 24.2. The van der Waals surface area contributed by atoms with Crippen LogP contribution in [-0.2, 0) is 18.3 Å². The van der Waals surface area contributed by atoms with E-state index in [1.165, 1.54) is 0 Å². The van der Waals surface area contributed by atoms with E-state index >= 15 is 0 Å². The molecule has 2 aliphatic heterocycles. The summed E-state index contributed by atoms with van der Waals surface area (Å²) in [5.74, 6) is 2.12. The van der Waals surface area contributed by atoms with E-state index in [1.807, 2.05) is 36.3 Å². The fourth-order valence-electron chi connectivity index (χ4n) is 3.44. The number of methoxy groups -OCH3 is 1. The average molecular weight is 345 g/mol. The van der Waals surface area contributed by atoms with Crippen LogP contribution in [0.25, 0.3) is 0 Å². The van der Waals surface area contributed by atoms with Gasteiger partial charge in [-0.1, -0.05) is 0 Å². The van der Waals surface area contributed by atoms with E-state index in [9.17, 15) is 0 Å². The van der Waals surface area contributed by atoms with Crippen molar-refractivity contribution in [3.05, 3.63) is 35.7 Å². The van der Waals surface area contributed by atoms with Gasteiger partial charge in [0.1, 0.15) is 6.10 Å². The Balaban J connectivity index is 1.48. The lowest BCUT2D eigenvalue weighted by Crippen LogP contribution is -2.39. The van der Waals surface area contributed by atoms with Crippen molar-refractivity contribution in [1.29, 1.82) is 0 Å². The second kappa shape index (κ2) is 6.93. The molecule has 0 spiro atoms. The van der Waals surface area contributed by atoms with Crippen LogP contribution in [0.15, 0.2) is 24.5 Å². The smallest absolute Gasteiger partial charge is 0.231 e. The fourth-order valence-corrected chi connectivity index (χ4v) is 3.44. The Morgan fingerprint density at radius 1 is 1.36 bits per heavy atom. The molecule has 1 N–H and O–H groups in total. The SMILES string of the molecule is COc1cc(CN[C@H]2CCCO[C@@H]2c2cnn(C)c2)cc2c1OCO2. The van der Waals surface area contributed by atoms with Crippen molar-refractivity contribution in [2.75, 3.05) is 20.5 Å². The second-order valence-electron chi connectivity index (χ2n) is 6.40. The molecule has 1 aromatic carbocycles. The highest BCUT2D eigenvalue weighted by molar-refractivity contribution is 5.55. The highest BCUT2D eigenvalue weighted by Gasteiger charge is 2.28. The number of aromatic nitrogens is 2. The summed E-state index contributed by atoms with van der Waals surface area (Å²) in [7, 11) is 3.57. The Hall–Kier alpha value is -2.25. The Kier molecular flexibility index (Phi) is 4.50. The van der Waals surface area contributed by atoms with E-state index in [4.69, 9.17) is 18.9 Å². The number of nitrogens with one attached hydrogen (secondary N) is 1. The molecular weight excluding hydrogens is 322 g/mol. The van der Waals surface area contributed by atoms with Crippen LogP contribution in [0.1, 0.15) is 30.1 Å². The molecule has 0 radical (unpaired) electrons. The van der Waals surface area contributed by atoms with E-state index < -0.39 is 0 Å². The molecule has 1 fully saturated rings. The lowest BCUT2D eigenvalue weighted by molar-refractivity contribution is -0.0112. The van der Waals surface area contributed by atoms with Crippen LogP contribution < -0.4 is 19.5 Å². The second-order valence-corrected chi connectivity index (χ2v) is 6.40. The summed E-state index contributed by atoms with van der Waals surface area (Å²) >= 11 is 0. The van der Waals surface area contributed by atoms with Gasteiger partial charge in [-0.25, -0.2) is 0 Å². The third-order valence-electron chi connectivity index (χ3n) is 4.66. The third-order valence-corrected chi connectivity index (χ3v) is 4.66. The van der Waals surface area contributed by atoms with Crippen LogP contribution in [0.3, 0.4) is 0 Å². The highest BCUT2D eigenvalue weighted by Crippen LogP contribution is 2.42. The number of nitrogens with zero attached hydrogens (tertiary/aromatic N) is 2. The first kappa shape index (κ1) is 16.2. The standard InChI is InChI=1S/C18H23N3O4/c1-21-10-13(9-20-21)17-14(4-3-5-23-17)19-8-12-6-15(22-2)18-16(7-12)24-11-25-18/h6-7,9-10,14,17,19H,3-5,8,11H2,1-2H3/t14-,17+/m0/s1. The van der Waals surface area contributed by atoms with E-state index in [1.54, 1.807) is 7.11 Å². The molecule has 0 amide bonds. The van der Waals surface area contributed by atoms with Crippen molar-refractivity contribution in [3.8, 4) is 17.2 Å². The minimum Gasteiger partial charge on any atom is -0.493 e. The van der Waals surface area contributed by atoms with Gasteiger partial charge in [0.15, 0.2) is 11.5 Å². The summed E-state index contributed by atoms with van der Waals surface area (Å²) in [6.45, 7) is 1.73. The third kappa shape index (κ3) is 3.29. The minimum atomic E-state index is 0.0263. The van der Waals surface area contributed by atoms with E-state index in [-0.39, 0.29) is 18.9 Å². The maximum Gasteiger partial charge on any atom is 0.231 e. The van der Waals surface area contributed by atoms with Crippen LogP contribution in [0.5, 0.6) is 17.2 Å². The molecule has 1 aromatic heterocycles. The maximum absolute atomic E-state index is 6.01. The maximum atomic E-state index is 6.01. The molecule has 3 heterocycles. The average Bonchev–Trinajstić information content (AvgIpc) is 3.28. The van der Waals surface area contributed by atoms with Crippen LogP contribution >= 0.6 is 0 Å². The van der Waals surface area contributed by atoms with Crippen molar-refractivity contribution >= 4 is 0 Å². The van der Waals surface area contributed by atoms with Crippen molar-refractivity contribution in [2.24, 2.45) is 7.05 Å². The lowest BCUT2D eigenvalue weighted by Gasteiger charge is -2.32. The molecule has 25 heavy (non-hydrogen) atoms. The Morgan fingerprint density at radius 3 is 3.08 bits per heavy atom. The molecule has 7 nitrogen and oxygen atoms in total. The number of rotatable bonds is 5. The molecule has 7 heteroatoms. The van der Waals surface area contributed by atoms with Crippen molar-refractivity contribution in [1.82, 2.24) is 15.1 Å². The van der Waals surface area contributed by atoms with Gasteiger partial charge in [-0.05, 0) is 30.5 Å². The number of fused-ring (bicyclic) bond motifs is 1. The molecule has 0 aliphatic carbocycles. The van der Waals surface area contributed by atoms with E-state index in [2.05, 4.69) is 10.4 Å². The van der Waals surface area contributed by atoms with E-state index in [0.717, 1.165) is 36.3 Å². The molecule has 134 valence electrons. The zero-order valence-corrected chi connectivity index (χ0v) is 14.5. The number of aryl methyl sites for hydroxylation is 1. The Labute approximate surface area is 146 Å². The first-order valence-corrected chi connectivity index (χ1v) is 8.54. The molecule has 2 atom stereocenters. The zero-order chi connectivity index (χ0) is 17.2. The fraction of sp³-hybridized carbons (Fsp3) is 0.500. The number of ether oxygens (including phenoxy) is 4. The largest absolute Gasteiger partial charge is 0.493 e. The summed E-state index contributed by atoms with van der Waals surface area (Å²) in [6, 6.07) is 4.23.